The smallest absolute Gasteiger partial charge is 0.0931 e. The van der Waals surface area contributed by atoms with Gasteiger partial charge < -0.3 is 5.32 Å². The van der Waals surface area contributed by atoms with E-state index >= 15 is 0 Å². The van der Waals surface area contributed by atoms with Gasteiger partial charge in [-0.1, -0.05) is 17.7 Å². The van der Waals surface area contributed by atoms with Crippen LogP contribution in [0.2, 0.25) is 4.34 Å². The Morgan fingerprint density at radius 2 is 2.18 bits per heavy atom. The molecule has 1 atom stereocenters. The van der Waals surface area contributed by atoms with Gasteiger partial charge in [-0.3, -0.25) is 4.98 Å². The Bertz CT molecular complexity index is 478. The Morgan fingerprint density at radius 1 is 1.35 bits per heavy atom. The van der Waals surface area contributed by atoms with Crippen molar-refractivity contribution in [3.8, 4) is 0 Å². The number of nitrogens with one attached hydrogen (secondary N) is 1. The monoisotopic (exact) mass is 266 g/mol. The fourth-order valence-corrected chi connectivity index (χ4v) is 2.61. The summed E-state index contributed by atoms with van der Waals surface area (Å²) in [6, 6.07) is 8.43. The first-order valence-electron chi connectivity index (χ1n) is 5.55. The first-order chi connectivity index (χ1) is 8.15. The van der Waals surface area contributed by atoms with Crippen LogP contribution in [-0.4, -0.2) is 4.98 Å². The van der Waals surface area contributed by atoms with E-state index in [1.54, 1.807) is 11.3 Å². The lowest BCUT2D eigenvalue weighted by molar-refractivity contribution is 0.575. The van der Waals surface area contributed by atoms with E-state index in [9.17, 15) is 0 Å². The minimum Gasteiger partial charge on any atom is -0.304 e. The molecule has 0 spiro atoms. The number of hydrogen-bond donors (Lipinski definition) is 1. The zero-order valence-corrected chi connectivity index (χ0v) is 11.5. The number of hydrogen-bond acceptors (Lipinski definition) is 3. The normalized spacial score (nSPS) is 12.6. The summed E-state index contributed by atoms with van der Waals surface area (Å²) in [7, 11) is 0. The summed E-state index contributed by atoms with van der Waals surface area (Å²) in [4.78, 5) is 5.62. The van der Waals surface area contributed by atoms with Gasteiger partial charge in [-0.25, -0.2) is 0 Å². The van der Waals surface area contributed by atoms with Crippen LogP contribution in [-0.2, 0) is 6.54 Å². The summed E-state index contributed by atoms with van der Waals surface area (Å²) in [5, 5.41) is 3.44. The van der Waals surface area contributed by atoms with Crippen molar-refractivity contribution in [1.29, 1.82) is 0 Å². The van der Waals surface area contributed by atoms with Gasteiger partial charge in [-0.2, -0.15) is 0 Å². The standard InChI is InChI=1S/C13H15ClN2S/c1-9-3-4-11(16-7-9)8-15-10(2)12-5-6-13(14)17-12/h3-7,10,15H,8H2,1-2H3. The van der Waals surface area contributed by atoms with E-state index < -0.39 is 0 Å². The molecule has 0 amide bonds. The summed E-state index contributed by atoms with van der Waals surface area (Å²) in [5.41, 5.74) is 2.25. The van der Waals surface area contributed by atoms with E-state index in [0.29, 0.717) is 6.04 Å². The quantitative estimate of drug-likeness (QED) is 0.906. The van der Waals surface area contributed by atoms with Crippen molar-refractivity contribution in [2.75, 3.05) is 0 Å². The van der Waals surface area contributed by atoms with E-state index in [2.05, 4.69) is 35.4 Å². The summed E-state index contributed by atoms with van der Waals surface area (Å²) >= 11 is 7.53. The second kappa shape index (κ2) is 5.63. The first kappa shape index (κ1) is 12.6. The third kappa shape index (κ3) is 3.53. The second-order valence-electron chi connectivity index (χ2n) is 4.07. The highest BCUT2D eigenvalue weighted by Crippen LogP contribution is 2.26. The van der Waals surface area contributed by atoms with Crippen LogP contribution < -0.4 is 5.32 Å². The van der Waals surface area contributed by atoms with E-state index in [1.807, 2.05) is 19.2 Å². The molecule has 2 nitrogen and oxygen atoms in total. The van der Waals surface area contributed by atoms with Crippen LogP contribution in [0.15, 0.2) is 30.5 Å². The first-order valence-corrected chi connectivity index (χ1v) is 6.75. The third-order valence-electron chi connectivity index (χ3n) is 2.58. The number of rotatable bonds is 4. The number of aryl methyl sites for hydroxylation is 1. The van der Waals surface area contributed by atoms with E-state index in [4.69, 9.17) is 11.6 Å². The maximum absolute atomic E-state index is 5.92. The SMILES string of the molecule is Cc1ccc(CNC(C)c2ccc(Cl)s2)nc1. The van der Waals surface area contributed by atoms with Crippen molar-refractivity contribution in [1.82, 2.24) is 10.3 Å². The second-order valence-corrected chi connectivity index (χ2v) is 5.82. The van der Waals surface area contributed by atoms with Crippen LogP contribution >= 0.6 is 22.9 Å². The molecule has 2 rings (SSSR count). The molecule has 0 bridgehead atoms. The molecule has 2 aromatic rings. The zero-order valence-electron chi connectivity index (χ0n) is 9.90. The van der Waals surface area contributed by atoms with Gasteiger partial charge in [0.1, 0.15) is 0 Å². The molecule has 1 N–H and O–H groups in total. The molecule has 1 unspecified atom stereocenters. The summed E-state index contributed by atoms with van der Waals surface area (Å²) in [5.74, 6) is 0. The zero-order chi connectivity index (χ0) is 12.3. The molecule has 0 aromatic carbocycles. The lowest BCUT2D eigenvalue weighted by Gasteiger charge is -2.11. The van der Waals surface area contributed by atoms with Crippen LogP contribution in [0.25, 0.3) is 0 Å². The summed E-state index contributed by atoms with van der Waals surface area (Å²) in [6.07, 6.45) is 1.89. The van der Waals surface area contributed by atoms with Gasteiger partial charge in [0.05, 0.1) is 10.0 Å². The van der Waals surface area contributed by atoms with Gasteiger partial charge in [0.15, 0.2) is 0 Å². The largest absolute Gasteiger partial charge is 0.304 e. The molecule has 0 aliphatic carbocycles. The predicted octanol–water partition coefficient (Wildman–Crippen LogP) is 3.96. The van der Waals surface area contributed by atoms with Crippen LogP contribution in [0.1, 0.15) is 29.1 Å². The highest BCUT2D eigenvalue weighted by Gasteiger charge is 2.07. The molecule has 0 fully saturated rings. The molecule has 17 heavy (non-hydrogen) atoms. The fraction of sp³-hybridized carbons (Fsp3) is 0.308. The number of aromatic nitrogens is 1. The van der Waals surface area contributed by atoms with Gasteiger partial charge in [0.2, 0.25) is 0 Å². The Balaban J connectivity index is 1.92. The highest BCUT2D eigenvalue weighted by molar-refractivity contribution is 7.16. The van der Waals surface area contributed by atoms with Gasteiger partial charge >= 0.3 is 0 Å². The number of nitrogens with zero attached hydrogens (tertiary/aromatic N) is 1. The van der Waals surface area contributed by atoms with Gasteiger partial charge in [-0.15, -0.1) is 11.3 Å². The lowest BCUT2D eigenvalue weighted by atomic mass is 10.2. The number of halogens is 1. The van der Waals surface area contributed by atoms with Gasteiger partial charge in [0, 0.05) is 23.7 Å². The maximum atomic E-state index is 5.92. The van der Waals surface area contributed by atoms with Crippen LogP contribution in [0.3, 0.4) is 0 Å². The van der Waals surface area contributed by atoms with Crippen molar-refractivity contribution in [2.45, 2.75) is 26.4 Å². The molecule has 0 saturated heterocycles. The Hall–Kier alpha value is -0.900. The Morgan fingerprint density at radius 3 is 2.76 bits per heavy atom. The van der Waals surface area contributed by atoms with Crippen molar-refractivity contribution in [3.05, 3.63) is 50.9 Å². The number of pyridine rings is 1. The van der Waals surface area contributed by atoms with E-state index in [-0.39, 0.29) is 0 Å². The van der Waals surface area contributed by atoms with Crippen LogP contribution in [0.4, 0.5) is 0 Å². The number of thiophene rings is 1. The van der Waals surface area contributed by atoms with Crippen molar-refractivity contribution in [3.63, 3.8) is 0 Å². The molecule has 4 heteroatoms. The molecule has 0 aliphatic heterocycles. The fourth-order valence-electron chi connectivity index (χ4n) is 1.52. The average Bonchev–Trinajstić information content (AvgIpc) is 2.75. The van der Waals surface area contributed by atoms with Gasteiger partial charge in [0.25, 0.3) is 0 Å². The summed E-state index contributed by atoms with van der Waals surface area (Å²) in [6.45, 7) is 4.95. The summed E-state index contributed by atoms with van der Waals surface area (Å²) < 4.78 is 0.835. The Labute approximate surface area is 111 Å². The van der Waals surface area contributed by atoms with Crippen molar-refractivity contribution in [2.24, 2.45) is 0 Å². The molecular weight excluding hydrogens is 252 g/mol. The molecule has 0 saturated carbocycles. The predicted molar refractivity (Wildman–Crippen MR) is 73.6 cm³/mol. The molecule has 2 aromatic heterocycles. The molecular formula is C13H15ClN2S. The average molecular weight is 267 g/mol. The molecule has 0 radical (unpaired) electrons. The highest BCUT2D eigenvalue weighted by atomic mass is 35.5. The minimum absolute atomic E-state index is 0.301. The molecule has 2 heterocycles. The maximum Gasteiger partial charge on any atom is 0.0931 e. The van der Waals surface area contributed by atoms with Crippen LogP contribution in [0.5, 0.6) is 0 Å². The van der Waals surface area contributed by atoms with E-state index in [1.165, 1.54) is 10.4 Å². The van der Waals surface area contributed by atoms with Crippen molar-refractivity contribution >= 4 is 22.9 Å². The van der Waals surface area contributed by atoms with E-state index in [0.717, 1.165) is 16.6 Å². The third-order valence-corrected chi connectivity index (χ3v) is 4.00. The molecule has 90 valence electrons. The topological polar surface area (TPSA) is 24.9 Å². The van der Waals surface area contributed by atoms with Gasteiger partial charge in [-0.05, 0) is 37.6 Å². The Kier molecular flexibility index (Phi) is 4.15. The van der Waals surface area contributed by atoms with Crippen LogP contribution in [0, 0.1) is 6.92 Å². The van der Waals surface area contributed by atoms with Crippen molar-refractivity contribution < 1.29 is 0 Å². The lowest BCUT2D eigenvalue weighted by Crippen LogP contribution is -2.17. The molecule has 0 aliphatic rings. The minimum atomic E-state index is 0.301.